The van der Waals surface area contributed by atoms with Crippen LogP contribution >= 0.6 is 0 Å². The normalized spacial score (nSPS) is 10.4. The molecule has 2 rings (SSSR count). The van der Waals surface area contributed by atoms with Crippen molar-refractivity contribution in [1.82, 2.24) is 9.78 Å². The lowest BCUT2D eigenvalue weighted by Crippen LogP contribution is -1.87. The molecule has 0 unspecified atom stereocenters. The molecule has 0 aliphatic carbocycles. The van der Waals surface area contributed by atoms with Gasteiger partial charge in [0.25, 0.3) is 0 Å². The number of hydrogen-bond donors (Lipinski definition) is 0. The van der Waals surface area contributed by atoms with Crippen LogP contribution in [0.1, 0.15) is 0 Å². The van der Waals surface area contributed by atoms with E-state index in [2.05, 4.69) is 10.3 Å². The zero-order valence-electron chi connectivity index (χ0n) is 6.56. The number of rotatable bonds is 1. The Hall–Kier alpha value is -1.71. The Balaban J connectivity index is 2.77. The van der Waals surface area contributed by atoms with E-state index in [0.717, 1.165) is 10.9 Å². The van der Waals surface area contributed by atoms with Crippen LogP contribution in [0.2, 0.25) is 0 Å². The number of aryl methyl sites for hydroxylation is 1. The van der Waals surface area contributed by atoms with Gasteiger partial charge < -0.3 is 0 Å². The van der Waals surface area contributed by atoms with E-state index < -0.39 is 0 Å². The molecule has 4 heteroatoms. The van der Waals surface area contributed by atoms with Gasteiger partial charge in [0.1, 0.15) is 5.69 Å². The van der Waals surface area contributed by atoms with Gasteiger partial charge in [-0.15, -0.1) is 4.91 Å². The highest BCUT2D eigenvalue weighted by atomic mass is 16.3. The fraction of sp³-hybridized carbons (Fsp3) is 0.125. The van der Waals surface area contributed by atoms with Gasteiger partial charge in [-0.2, -0.15) is 5.10 Å². The lowest BCUT2D eigenvalue weighted by Gasteiger charge is -1.92. The second-order valence-electron chi connectivity index (χ2n) is 2.60. The van der Waals surface area contributed by atoms with Gasteiger partial charge in [0, 0.05) is 12.4 Å². The summed E-state index contributed by atoms with van der Waals surface area (Å²) in [6.07, 6.45) is 1.71. The fourth-order valence-corrected chi connectivity index (χ4v) is 1.21. The minimum Gasteiger partial charge on any atom is -0.268 e. The van der Waals surface area contributed by atoms with Gasteiger partial charge in [-0.1, -0.05) is 0 Å². The van der Waals surface area contributed by atoms with Crippen LogP contribution in [0.4, 0.5) is 5.69 Å². The molecule has 60 valence electrons. The maximum atomic E-state index is 10.2. The van der Waals surface area contributed by atoms with Crippen molar-refractivity contribution in [3.8, 4) is 0 Å². The molecule has 0 radical (unpaired) electrons. The zero-order valence-corrected chi connectivity index (χ0v) is 6.56. The van der Waals surface area contributed by atoms with E-state index in [1.807, 2.05) is 13.1 Å². The van der Waals surface area contributed by atoms with E-state index in [0.29, 0.717) is 5.69 Å². The largest absolute Gasteiger partial charge is 0.268 e. The van der Waals surface area contributed by atoms with Crippen molar-refractivity contribution in [3.63, 3.8) is 0 Å². The Kier molecular flexibility index (Phi) is 1.40. The van der Waals surface area contributed by atoms with Crippen molar-refractivity contribution in [1.29, 1.82) is 0 Å². The summed E-state index contributed by atoms with van der Waals surface area (Å²) >= 11 is 0. The predicted molar refractivity (Wildman–Crippen MR) is 46.2 cm³/mol. The Morgan fingerprint density at radius 1 is 1.50 bits per heavy atom. The summed E-state index contributed by atoms with van der Waals surface area (Å²) in [5.41, 5.74) is 1.44. The molecule has 4 nitrogen and oxygen atoms in total. The highest BCUT2D eigenvalue weighted by Crippen LogP contribution is 2.19. The molecule has 0 bridgehead atoms. The molecular weight excluding hydrogens is 154 g/mol. The minimum atomic E-state index is 0.440. The Bertz CT molecular complexity index is 433. The summed E-state index contributed by atoms with van der Waals surface area (Å²) in [4.78, 5) is 10.2. The van der Waals surface area contributed by atoms with Gasteiger partial charge >= 0.3 is 0 Å². The average Bonchev–Trinajstić information content (AvgIpc) is 2.47. The van der Waals surface area contributed by atoms with E-state index in [1.54, 1.807) is 23.0 Å². The summed E-state index contributed by atoms with van der Waals surface area (Å²) in [6.45, 7) is 0. The standard InChI is InChI=1S/C8H7N3O/c1-11-8-3-2-7(10-12)4-6(8)5-9-11/h2-5H,1H3. The molecule has 0 saturated heterocycles. The number of aromatic nitrogens is 2. The SMILES string of the molecule is Cn1ncc2cc(N=O)ccc21. The van der Waals surface area contributed by atoms with Crippen LogP contribution in [0.25, 0.3) is 10.9 Å². The van der Waals surface area contributed by atoms with E-state index in [1.165, 1.54) is 0 Å². The van der Waals surface area contributed by atoms with Crippen molar-refractivity contribution in [2.75, 3.05) is 0 Å². The first-order valence-electron chi connectivity index (χ1n) is 3.56. The first-order valence-corrected chi connectivity index (χ1v) is 3.56. The van der Waals surface area contributed by atoms with E-state index in [9.17, 15) is 4.91 Å². The van der Waals surface area contributed by atoms with Crippen molar-refractivity contribution in [2.45, 2.75) is 0 Å². The van der Waals surface area contributed by atoms with E-state index in [4.69, 9.17) is 0 Å². The fourth-order valence-electron chi connectivity index (χ4n) is 1.21. The lowest BCUT2D eigenvalue weighted by molar-refractivity contribution is 0.797. The van der Waals surface area contributed by atoms with Gasteiger partial charge in [-0.3, -0.25) is 4.68 Å². The van der Waals surface area contributed by atoms with Crippen molar-refractivity contribution in [2.24, 2.45) is 12.2 Å². The van der Waals surface area contributed by atoms with Gasteiger partial charge in [-0.05, 0) is 23.4 Å². The van der Waals surface area contributed by atoms with Gasteiger partial charge in [0.05, 0.1) is 11.7 Å². The topological polar surface area (TPSA) is 47.2 Å². The highest BCUT2D eigenvalue weighted by Gasteiger charge is 1.99. The smallest absolute Gasteiger partial charge is 0.108 e. The third kappa shape index (κ3) is 0.887. The monoisotopic (exact) mass is 161 g/mol. The predicted octanol–water partition coefficient (Wildman–Crippen LogP) is 1.97. The Morgan fingerprint density at radius 2 is 2.33 bits per heavy atom. The molecule has 1 aromatic heterocycles. The van der Waals surface area contributed by atoms with Crippen molar-refractivity contribution < 1.29 is 0 Å². The van der Waals surface area contributed by atoms with Crippen LogP contribution in [0.3, 0.4) is 0 Å². The van der Waals surface area contributed by atoms with Crippen LogP contribution in [0, 0.1) is 4.91 Å². The molecule has 0 aliphatic heterocycles. The van der Waals surface area contributed by atoms with Gasteiger partial charge in [0.2, 0.25) is 0 Å². The third-order valence-corrected chi connectivity index (χ3v) is 1.84. The molecule has 1 heterocycles. The first-order chi connectivity index (χ1) is 5.81. The molecule has 12 heavy (non-hydrogen) atoms. The second kappa shape index (κ2) is 2.41. The van der Waals surface area contributed by atoms with Crippen LogP contribution in [0.5, 0.6) is 0 Å². The third-order valence-electron chi connectivity index (χ3n) is 1.84. The molecule has 0 fully saturated rings. The highest BCUT2D eigenvalue weighted by molar-refractivity contribution is 5.81. The zero-order chi connectivity index (χ0) is 8.55. The minimum absolute atomic E-state index is 0.440. The molecule has 2 aromatic rings. The van der Waals surface area contributed by atoms with Crippen LogP contribution in [-0.2, 0) is 7.05 Å². The summed E-state index contributed by atoms with van der Waals surface area (Å²) in [6, 6.07) is 5.23. The maximum Gasteiger partial charge on any atom is 0.108 e. The molecule has 0 N–H and O–H groups in total. The summed E-state index contributed by atoms with van der Waals surface area (Å²) in [7, 11) is 1.86. The van der Waals surface area contributed by atoms with Crippen LogP contribution in [0.15, 0.2) is 29.6 Å². The molecule has 0 spiro atoms. The summed E-state index contributed by atoms with van der Waals surface area (Å²) in [5.74, 6) is 0. The second-order valence-corrected chi connectivity index (χ2v) is 2.60. The number of hydrogen-bond acceptors (Lipinski definition) is 3. The molecule has 1 aromatic carbocycles. The van der Waals surface area contributed by atoms with E-state index in [-0.39, 0.29) is 0 Å². The van der Waals surface area contributed by atoms with Gasteiger partial charge in [-0.25, -0.2) is 0 Å². The number of fused-ring (bicyclic) bond motifs is 1. The Morgan fingerprint density at radius 3 is 3.08 bits per heavy atom. The number of benzene rings is 1. The number of nitrogens with zero attached hydrogens (tertiary/aromatic N) is 3. The lowest BCUT2D eigenvalue weighted by atomic mass is 10.2. The quantitative estimate of drug-likeness (QED) is 0.600. The molecule has 0 saturated carbocycles. The van der Waals surface area contributed by atoms with Crippen LogP contribution in [-0.4, -0.2) is 9.78 Å². The summed E-state index contributed by atoms with van der Waals surface area (Å²) in [5, 5.41) is 7.83. The van der Waals surface area contributed by atoms with Crippen LogP contribution < -0.4 is 0 Å². The number of nitroso groups, excluding NO2 is 1. The maximum absolute atomic E-state index is 10.2. The summed E-state index contributed by atoms with van der Waals surface area (Å²) < 4.78 is 1.75. The average molecular weight is 161 g/mol. The first kappa shape index (κ1) is 6.97. The van der Waals surface area contributed by atoms with E-state index >= 15 is 0 Å². The van der Waals surface area contributed by atoms with Crippen molar-refractivity contribution >= 4 is 16.6 Å². The molecule has 0 atom stereocenters. The van der Waals surface area contributed by atoms with Crippen molar-refractivity contribution in [3.05, 3.63) is 29.3 Å². The Labute approximate surface area is 68.8 Å². The molecule has 0 aliphatic rings. The van der Waals surface area contributed by atoms with Gasteiger partial charge in [0.15, 0.2) is 0 Å². The molecule has 0 amide bonds. The molecular formula is C8H7N3O.